The van der Waals surface area contributed by atoms with Crippen molar-refractivity contribution in [3.8, 4) is 5.75 Å². The second-order valence-corrected chi connectivity index (χ2v) is 3.44. The summed E-state index contributed by atoms with van der Waals surface area (Å²) in [5, 5.41) is 0. The van der Waals surface area contributed by atoms with Crippen molar-refractivity contribution in [2.75, 3.05) is 0 Å². The van der Waals surface area contributed by atoms with E-state index in [9.17, 15) is 0 Å². The first-order valence-corrected chi connectivity index (χ1v) is 12.2. The molecule has 2 rings (SSSR count). The van der Waals surface area contributed by atoms with Crippen LogP contribution in [0.4, 0.5) is 0 Å². The van der Waals surface area contributed by atoms with E-state index in [1.807, 2.05) is 36.4 Å². The van der Waals surface area contributed by atoms with Gasteiger partial charge >= 0.3 is 30.0 Å². The Balaban J connectivity index is 0.000000686. The molecule has 0 aliphatic heterocycles. The van der Waals surface area contributed by atoms with Gasteiger partial charge in [-0.05, 0) is 18.1 Å². The predicted octanol–water partition coefficient (Wildman–Crippen LogP) is 4.22. The fraction of sp³-hybridized carbons (Fsp3) is 0.143. The summed E-state index contributed by atoms with van der Waals surface area (Å²) in [4.78, 5) is 0. The second-order valence-electron chi connectivity index (χ2n) is 3.44. The van der Waals surface area contributed by atoms with E-state index < -0.39 is 0 Å². The molecule has 0 aliphatic carbocycles. The van der Waals surface area contributed by atoms with Crippen LogP contribution in [0.5, 0.6) is 5.75 Å². The minimum absolute atomic E-state index is 0.604. The molecule has 0 saturated heterocycles. The Morgan fingerprint density at radius 3 is 2.47 bits per heavy atom. The molecule has 0 bridgehead atoms. The summed E-state index contributed by atoms with van der Waals surface area (Å²) < 4.78 is 5.62. The number of para-hydroxylation sites is 1. The van der Waals surface area contributed by atoms with Crippen molar-refractivity contribution in [2.45, 2.75) is 13.5 Å². The van der Waals surface area contributed by atoms with Gasteiger partial charge in [-0.15, -0.1) is 12.1 Å². The van der Waals surface area contributed by atoms with Crippen LogP contribution in [0, 0.1) is 13.0 Å². The van der Waals surface area contributed by atoms with Crippen LogP contribution < -0.4 is 4.74 Å². The van der Waals surface area contributed by atoms with E-state index in [1.165, 1.54) is 27.5 Å². The summed E-state index contributed by atoms with van der Waals surface area (Å²) in [5.41, 5.74) is 2.48. The monoisotopic (exact) mass is 340 g/mol. The molecule has 0 aliphatic rings. The van der Waals surface area contributed by atoms with Gasteiger partial charge in [0, 0.05) is 5.75 Å². The number of halogens is 1. The van der Waals surface area contributed by atoms with Gasteiger partial charge < -0.3 is 4.74 Å². The third kappa shape index (κ3) is 5.01. The topological polar surface area (TPSA) is 9.23 Å². The Morgan fingerprint density at radius 1 is 1.12 bits per heavy atom. The Morgan fingerprint density at radius 2 is 1.82 bits per heavy atom. The van der Waals surface area contributed by atoms with Gasteiger partial charge in [0.05, 0.1) is 0 Å². The second kappa shape index (κ2) is 8.44. The number of hydrogen-bond donors (Lipinski definition) is 0. The molecule has 0 radical (unpaired) electrons. The van der Waals surface area contributed by atoms with Gasteiger partial charge in [-0.25, -0.2) is 0 Å². The molecule has 1 nitrogen and oxygen atoms in total. The average molecular weight is 343 g/mol. The van der Waals surface area contributed by atoms with Gasteiger partial charge in [-0.2, -0.15) is 18.2 Å². The third-order valence-corrected chi connectivity index (χ3v) is 2.32. The zero-order valence-electron chi connectivity index (χ0n) is 9.82. The molecule has 0 spiro atoms. The molecule has 0 fully saturated rings. The van der Waals surface area contributed by atoms with Crippen molar-refractivity contribution in [2.24, 2.45) is 0 Å². The van der Waals surface area contributed by atoms with Crippen molar-refractivity contribution in [1.29, 1.82) is 0 Å². The average Bonchev–Trinajstić information content (AvgIpc) is 2.41. The van der Waals surface area contributed by atoms with Crippen molar-refractivity contribution in [1.82, 2.24) is 0 Å². The maximum atomic E-state index is 5.62. The summed E-state index contributed by atoms with van der Waals surface area (Å²) in [5.74, 6) is 0.792. The Kier molecular flexibility index (Phi) is 7.15. The van der Waals surface area contributed by atoms with E-state index in [1.54, 1.807) is 0 Å². The molecule has 0 N–H and O–H groups in total. The first-order chi connectivity index (χ1) is 8.36. The molecule has 0 amide bonds. The molecule has 0 aromatic heterocycles. The van der Waals surface area contributed by atoms with Gasteiger partial charge in [-0.3, -0.25) is 0 Å². The Hall–Kier alpha value is -0.657. The number of hydrogen-bond acceptors (Lipinski definition) is 1. The van der Waals surface area contributed by atoms with Crippen molar-refractivity contribution in [3.05, 3.63) is 65.7 Å². The molecule has 0 unspecified atom stereocenters. The maximum absolute atomic E-state index is 5.62. The molecule has 3 heteroatoms. The van der Waals surface area contributed by atoms with E-state index in [0.29, 0.717) is 6.61 Å². The first-order valence-electron chi connectivity index (χ1n) is 5.27. The van der Waals surface area contributed by atoms with E-state index in [2.05, 4.69) is 38.7 Å². The van der Waals surface area contributed by atoms with Gasteiger partial charge in [-0.1, -0.05) is 24.3 Å². The number of aryl methyl sites for hydroxylation is 1. The summed E-state index contributed by atoms with van der Waals surface area (Å²) in [7, 11) is 0. The molecule has 2 aromatic carbocycles. The molecular weight excluding hydrogens is 329 g/mol. The van der Waals surface area contributed by atoms with E-state index in [-0.39, 0.29) is 0 Å². The van der Waals surface area contributed by atoms with Gasteiger partial charge in [0.1, 0.15) is 6.61 Å². The Bertz CT molecular complexity index is 431. The first kappa shape index (κ1) is 14.4. The van der Waals surface area contributed by atoms with Gasteiger partial charge in [0.15, 0.2) is 0 Å². The van der Waals surface area contributed by atoms with Crippen molar-refractivity contribution >= 4 is 13.6 Å². The SMILES string of the molecule is Cc1ccccc1COc1[c-]cccc1.[Zn+][Br]. The van der Waals surface area contributed by atoms with E-state index >= 15 is 0 Å². The molecule has 0 atom stereocenters. The van der Waals surface area contributed by atoms with Gasteiger partial charge in [0.2, 0.25) is 0 Å². The molecule has 0 heterocycles. The van der Waals surface area contributed by atoms with Crippen LogP contribution in [-0.2, 0) is 22.9 Å². The van der Waals surface area contributed by atoms with Crippen LogP contribution in [0.25, 0.3) is 0 Å². The normalized spacial score (nSPS) is 9.18. The van der Waals surface area contributed by atoms with Crippen molar-refractivity contribution in [3.63, 3.8) is 0 Å². The van der Waals surface area contributed by atoms with E-state index in [4.69, 9.17) is 4.74 Å². The van der Waals surface area contributed by atoms with Crippen LogP contribution in [0.1, 0.15) is 11.1 Å². The van der Waals surface area contributed by atoms with Gasteiger partial charge in [0.25, 0.3) is 0 Å². The van der Waals surface area contributed by atoms with Crippen LogP contribution in [0.15, 0.2) is 48.5 Å². The fourth-order valence-electron chi connectivity index (χ4n) is 1.39. The quantitative estimate of drug-likeness (QED) is 0.599. The minimum atomic E-state index is 0.604. The molecule has 0 saturated carbocycles. The van der Waals surface area contributed by atoms with Crippen LogP contribution in [0.3, 0.4) is 0 Å². The zero-order valence-corrected chi connectivity index (χ0v) is 14.4. The third-order valence-electron chi connectivity index (χ3n) is 2.32. The number of rotatable bonds is 3. The molecule has 84 valence electrons. The summed E-state index contributed by atoms with van der Waals surface area (Å²) in [6.45, 7) is 2.70. The fourth-order valence-corrected chi connectivity index (χ4v) is 1.39. The van der Waals surface area contributed by atoms with E-state index in [0.717, 1.165) is 5.75 Å². The Labute approximate surface area is 119 Å². The standard InChI is InChI=1S/C14H13O.BrH.Zn/c1-12-7-5-6-8-13(12)11-15-14-9-3-2-4-10-14;;/h2-9H,11H2,1H3;1H;/q-1;;+2/p-1. The number of ether oxygens (including phenoxy) is 1. The van der Waals surface area contributed by atoms with Crippen LogP contribution in [-0.4, -0.2) is 0 Å². The number of benzene rings is 2. The molecular formula is C14H13BrOZn. The molecule has 2 aromatic rings. The van der Waals surface area contributed by atoms with Crippen LogP contribution >= 0.6 is 13.6 Å². The summed E-state index contributed by atoms with van der Waals surface area (Å²) >= 11 is 4.25. The summed E-state index contributed by atoms with van der Waals surface area (Å²) in [6.07, 6.45) is 0. The predicted molar refractivity (Wildman–Crippen MR) is 69.7 cm³/mol. The zero-order chi connectivity index (χ0) is 12.5. The molecule has 17 heavy (non-hydrogen) atoms. The van der Waals surface area contributed by atoms with Crippen LogP contribution in [0.2, 0.25) is 0 Å². The van der Waals surface area contributed by atoms with Crippen molar-refractivity contribution < 1.29 is 21.1 Å². The summed E-state index contributed by atoms with van der Waals surface area (Å²) in [6, 6.07) is 18.9.